The van der Waals surface area contributed by atoms with Crippen molar-refractivity contribution in [1.29, 1.82) is 5.26 Å². The lowest BCUT2D eigenvalue weighted by Gasteiger charge is -2.05. The van der Waals surface area contributed by atoms with E-state index in [1.54, 1.807) is 0 Å². The minimum atomic E-state index is 0.749. The molecule has 1 aromatic carbocycles. The highest BCUT2D eigenvalue weighted by Gasteiger charge is 1.94. The van der Waals surface area contributed by atoms with E-state index in [4.69, 9.17) is 11.0 Å². The van der Waals surface area contributed by atoms with Gasteiger partial charge in [-0.2, -0.15) is 5.26 Å². The van der Waals surface area contributed by atoms with Gasteiger partial charge in [0.05, 0.1) is 0 Å². The second-order valence-corrected chi connectivity index (χ2v) is 4.00. The Kier molecular flexibility index (Phi) is 5.67. The van der Waals surface area contributed by atoms with Crippen LogP contribution in [0, 0.1) is 10.7 Å². The van der Waals surface area contributed by atoms with E-state index < -0.39 is 0 Å². The Bertz CT molecular complexity index is 316. The molecule has 0 spiro atoms. The summed E-state index contributed by atoms with van der Waals surface area (Å²) >= 11 is 1.18. The number of nitrogens with one attached hydrogen (secondary N) is 1. The van der Waals surface area contributed by atoms with Crippen molar-refractivity contribution in [3.8, 4) is 5.40 Å². The van der Waals surface area contributed by atoms with Gasteiger partial charge in [0.25, 0.3) is 0 Å². The zero-order valence-electron chi connectivity index (χ0n) is 8.57. The van der Waals surface area contributed by atoms with Crippen molar-refractivity contribution in [2.45, 2.75) is 17.7 Å². The number of thioether (sulfide) groups is 1. The van der Waals surface area contributed by atoms with Crippen LogP contribution in [0.25, 0.3) is 0 Å². The molecule has 0 bridgehead atoms. The molecule has 3 nitrogen and oxygen atoms in total. The standard InChI is InChI=1S/C11H15N3S/c12-7-1-2-8-14-10-3-5-11(6-4-10)15-9-13/h3-6,14H,1-2,7-8,12H2. The first-order chi connectivity index (χ1) is 7.36. The van der Waals surface area contributed by atoms with Crippen LogP contribution in [-0.4, -0.2) is 13.1 Å². The molecule has 3 N–H and O–H groups in total. The minimum absolute atomic E-state index is 0.749. The molecular formula is C11H15N3S. The Morgan fingerprint density at radius 2 is 2.00 bits per heavy atom. The van der Waals surface area contributed by atoms with E-state index in [1.807, 2.05) is 29.7 Å². The van der Waals surface area contributed by atoms with Crippen LogP contribution in [0.4, 0.5) is 5.69 Å². The minimum Gasteiger partial charge on any atom is -0.385 e. The molecule has 15 heavy (non-hydrogen) atoms. The predicted octanol–water partition coefficient (Wildman–Crippen LogP) is 2.41. The number of benzene rings is 1. The van der Waals surface area contributed by atoms with Crippen molar-refractivity contribution in [2.75, 3.05) is 18.4 Å². The quantitative estimate of drug-likeness (QED) is 0.440. The summed E-state index contributed by atoms with van der Waals surface area (Å²) in [6.07, 6.45) is 2.14. The third-order valence-corrected chi connectivity index (χ3v) is 2.58. The average Bonchev–Trinajstić information content (AvgIpc) is 2.27. The molecule has 4 heteroatoms. The monoisotopic (exact) mass is 221 g/mol. The lowest BCUT2D eigenvalue weighted by atomic mass is 10.3. The molecule has 1 aromatic rings. The highest BCUT2D eigenvalue weighted by Crippen LogP contribution is 2.18. The van der Waals surface area contributed by atoms with Gasteiger partial charge in [-0.25, -0.2) is 0 Å². The van der Waals surface area contributed by atoms with E-state index in [-0.39, 0.29) is 0 Å². The van der Waals surface area contributed by atoms with E-state index in [0.717, 1.165) is 36.5 Å². The number of nitriles is 1. The number of rotatable bonds is 6. The van der Waals surface area contributed by atoms with Gasteiger partial charge in [0, 0.05) is 17.1 Å². The summed E-state index contributed by atoms with van der Waals surface area (Å²) < 4.78 is 0. The van der Waals surface area contributed by atoms with Crippen molar-refractivity contribution in [3.05, 3.63) is 24.3 Å². The Hall–Kier alpha value is -1.18. The van der Waals surface area contributed by atoms with Crippen LogP contribution in [0.2, 0.25) is 0 Å². The van der Waals surface area contributed by atoms with E-state index in [0.29, 0.717) is 0 Å². The third kappa shape index (κ3) is 4.73. The fourth-order valence-corrected chi connectivity index (χ4v) is 1.57. The topological polar surface area (TPSA) is 61.8 Å². The lowest BCUT2D eigenvalue weighted by Crippen LogP contribution is -2.05. The fraction of sp³-hybridized carbons (Fsp3) is 0.364. The first-order valence-corrected chi connectivity index (χ1v) is 5.78. The zero-order valence-corrected chi connectivity index (χ0v) is 9.39. The van der Waals surface area contributed by atoms with Gasteiger partial charge in [0.2, 0.25) is 0 Å². The summed E-state index contributed by atoms with van der Waals surface area (Å²) in [4.78, 5) is 0.977. The van der Waals surface area contributed by atoms with E-state index in [2.05, 4.69) is 5.32 Å². The second kappa shape index (κ2) is 7.16. The van der Waals surface area contributed by atoms with Crippen LogP contribution in [0.3, 0.4) is 0 Å². The van der Waals surface area contributed by atoms with Gasteiger partial charge in [0.15, 0.2) is 0 Å². The van der Waals surface area contributed by atoms with Crippen molar-refractivity contribution < 1.29 is 0 Å². The summed E-state index contributed by atoms with van der Waals surface area (Å²) in [5.41, 5.74) is 6.49. The molecule has 0 saturated carbocycles. The van der Waals surface area contributed by atoms with E-state index in [9.17, 15) is 0 Å². The molecule has 0 radical (unpaired) electrons. The van der Waals surface area contributed by atoms with Crippen LogP contribution < -0.4 is 11.1 Å². The molecule has 0 amide bonds. The summed E-state index contributed by atoms with van der Waals surface area (Å²) in [6, 6.07) is 7.86. The molecule has 1 rings (SSSR count). The van der Waals surface area contributed by atoms with Gasteiger partial charge in [-0.15, -0.1) is 0 Å². The highest BCUT2D eigenvalue weighted by molar-refractivity contribution is 8.03. The Labute approximate surface area is 94.7 Å². The number of nitrogens with zero attached hydrogens (tertiary/aromatic N) is 1. The molecule has 0 heterocycles. The number of unbranched alkanes of at least 4 members (excludes halogenated alkanes) is 1. The predicted molar refractivity (Wildman–Crippen MR) is 64.7 cm³/mol. The molecule has 0 aromatic heterocycles. The third-order valence-electron chi connectivity index (χ3n) is 1.98. The van der Waals surface area contributed by atoms with Gasteiger partial charge in [-0.1, -0.05) is 0 Å². The fourth-order valence-electron chi connectivity index (χ4n) is 1.20. The maximum absolute atomic E-state index is 8.47. The smallest absolute Gasteiger partial charge is 0.138 e. The number of nitrogens with two attached hydrogens (primary N) is 1. The van der Waals surface area contributed by atoms with Crippen LogP contribution in [0.5, 0.6) is 0 Å². The number of hydrogen-bond donors (Lipinski definition) is 2. The molecule has 80 valence electrons. The van der Waals surface area contributed by atoms with E-state index in [1.165, 1.54) is 11.8 Å². The molecule has 0 aliphatic carbocycles. The maximum atomic E-state index is 8.47. The van der Waals surface area contributed by atoms with Gasteiger partial charge in [0.1, 0.15) is 5.40 Å². The van der Waals surface area contributed by atoms with Gasteiger partial charge < -0.3 is 11.1 Å². The Morgan fingerprint density at radius 1 is 1.27 bits per heavy atom. The number of anilines is 1. The largest absolute Gasteiger partial charge is 0.385 e. The molecular weight excluding hydrogens is 206 g/mol. The average molecular weight is 221 g/mol. The van der Waals surface area contributed by atoms with Crippen LogP contribution >= 0.6 is 11.8 Å². The van der Waals surface area contributed by atoms with Gasteiger partial charge in [-0.3, -0.25) is 0 Å². The highest BCUT2D eigenvalue weighted by atomic mass is 32.2. The van der Waals surface area contributed by atoms with Crippen molar-refractivity contribution >= 4 is 17.4 Å². The number of thiocyanates is 1. The molecule has 0 aliphatic heterocycles. The summed E-state index contributed by atoms with van der Waals surface area (Å²) in [5.74, 6) is 0. The Balaban J connectivity index is 2.33. The SMILES string of the molecule is N#CSc1ccc(NCCCCN)cc1. The van der Waals surface area contributed by atoms with Crippen LogP contribution in [0.15, 0.2) is 29.2 Å². The first-order valence-electron chi connectivity index (χ1n) is 4.97. The van der Waals surface area contributed by atoms with Crippen molar-refractivity contribution in [2.24, 2.45) is 5.73 Å². The second-order valence-electron chi connectivity index (χ2n) is 3.14. The molecule has 0 atom stereocenters. The van der Waals surface area contributed by atoms with Gasteiger partial charge in [-0.05, 0) is 55.4 Å². The summed E-state index contributed by atoms with van der Waals surface area (Å²) in [7, 11) is 0. The van der Waals surface area contributed by atoms with E-state index >= 15 is 0 Å². The molecule has 0 unspecified atom stereocenters. The lowest BCUT2D eigenvalue weighted by molar-refractivity contribution is 0.774. The first kappa shape index (κ1) is 11.9. The Morgan fingerprint density at radius 3 is 2.60 bits per heavy atom. The number of hydrogen-bond acceptors (Lipinski definition) is 4. The normalized spacial score (nSPS) is 9.60. The molecule has 0 fully saturated rings. The van der Waals surface area contributed by atoms with Crippen LogP contribution in [-0.2, 0) is 0 Å². The summed E-state index contributed by atoms with van der Waals surface area (Å²) in [5, 5.41) is 13.8. The van der Waals surface area contributed by atoms with Crippen molar-refractivity contribution in [1.82, 2.24) is 0 Å². The maximum Gasteiger partial charge on any atom is 0.138 e. The molecule has 0 aliphatic rings. The van der Waals surface area contributed by atoms with Gasteiger partial charge >= 0.3 is 0 Å². The zero-order chi connectivity index (χ0) is 10.9. The summed E-state index contributed by atoms with van der Waals surface area (Å²) in [6.45, 7) is 1.70. The molecule has 0 saturated heterocycles. The van der Waals surface area contributed by atoms with Crippen LogP contribution in [0.1, 0.15) is 12.8 Å². The van der Waals surface area contributed by atoms with Crippen molar-refractivity contribution in [3.63, 3.8) is 0 Å².